The number of hydrogen-bond acceptors (Lipinski definition) is 4. The Hall–Kier alpha value is -2.50. The lowest BCUT2D eigenvalue weighted by Gasteiger charge is -2.18. The van der Waals surface area contributed by atoms with Crippen molar-refractivity contribution in [2.45, 2.75) is 50.9 Å². The minimum absolute atomic E-state index is 0.116. The number of nitrogens with zero attached hydrogens (tertiary/aromatic N) is 3. The molecule has 2 aromatic heterocycles. The third-order valence-electron chi connectivity index (χ3n) is 5.87. The Morgan fingerprint density at radius 2 is 2.07 bits per heavy atom. The van der Waals surface area contributed by atoms with Gasteiger partial charge in [-0.3, -0.25) is 14.6 Å². The van der Waals surface area contributed by atoms with Crippen LogP contribution in [0, 0.1) is 5.92 Å². The van der Waals surface area contributed by atoms with Gasteiger partial charge in [0, 0.05) is 37.7 Å². The topological polar surface area (TPSA) is 79.0 Å². The van der Waals surface area contributed by atoms with Crippen LogP contribution in [0.1, 0.15) is 56.6 Å². The Labute approximate surface area is 159 Å². The van der Waals surface area contributed by atoms with Crippen molar-refractivity contribution in [3.05, 3.63) is 46.5 Å². The minimum atomic E-state index is -0.174. The standard InChI is InChI=1S/C21H26N4O2/c26-19-13-18(23-21(24-19)17-7-3-4-11-22-17)16-10-12-25(14-16)20(27)9-8-15-5-1-2-6-15/h3-4,7,11,13,15-16H,1-2,5-6,8-10,12,14H2,(H,23,24,26)/t16-/m0/s1. The van der Waals surface area contributed by atoms with Crippen LogP contribution in [0.5, 0.6) is 0 Å². The number of carbonyl (C=O) groups excluding carboxylic acids is 1. The quantitative estimate of drug-likeness (QED) is 0.882. The van der Waals surface area contributed by atoms with E-state index in [2.05, 4.69) is 15.0 Å². The van der Waals surface area contributed by atoms with Gasteiger partial charge in [-0.1, -0.05) is 31.7 Å². The maximum absolute atomic E-state index is 12.6. The van der Waals surface area contributed by atoms with E-state index in [0.717, 1.165) is 31.0 Å². The van der Waals surface area contributed by atoms with Gasteiger partial charge >= 0.3 is 0 Å². The lowest BCUT2D eigenvalue weighted by Crippen LogP contribution is -2.28. The van der Waals surface area contributed by atoms with Crippen molar-refractivity contribution in [2.24, 2.45) is 5.92 Å². The SMILES string of the molecule is O=C(CCC1CCCC1)N1CC[C@H](c2cc(=O)[nH]c(-c3ccccn3)n2)C1. The number of H-pyrrole nitrogens is 1. The molecule has 1 aliphatic carbocycles. The molecule has 1 amide bonds. The average Bonchev–Trinajstić information content (AvgIpc) is 3.38. The third-order valence-corrected chi connectivity index (χ3v) is 5.87. The van der Waals surface area contributed by atoms with E-state index in [0.29, 0.717) is 24.5 Å². The Bertz CT molecular complexity index is 843. The van der Waals surface area contributed by atoms with E-state index in [9.17, 15) is 9.59 Å². The highest BCUT2D eigenvalue weighted by atomic mass is 16.2. The number of amides is 1. The molecule has 1 aliphatic heterocycles. The molecule has 0 aromatic carbocycles. The zero-order valence-corrected chi connectivity index (χ0v) is 15.6. The number of aromatic nitrogens is 3. The highest BCUT2D eigenvalue weighted by molar-refractivity contribution is 5.76. The summed E-state index contributed by atoms with van der Waals surface area (Å²) in [5.41, 5.74) is 1.23. The maximum Gasteiger partial charge on any atom is 0.251 e. The summed E-state index contributed by atoms with van der Waals surface area (Å²) in [5.74, 6) is 1.59. The first-order valence-electron chi connectivity index (χ1n) is 9.99. The first-order chi connectivity index (χ1) is 13.2. The first kappa shape index (κ1) is 17.9. The third kappa shape index (κ3) is 4.26. The van der Waals surface area contributed by atoms with Gasteiger partial charge in [-0.25, -0.2) is 4.98 Å². The monoisotopic (exact) mass is 366 g/mol. The lowest BCUT2D eigenvalue weighted by atomic mass is 10.0. The molecule has 6 heteroatoms. The summed E-state index contributed by atoms with van der Waals surface area (Å²) >= 11 is 0. The summed E-state index contributed by atoms with van der Waals surface area (Å²) in [6, 6.07) is 7.09. The highest BCUT2D eigenvalue weighted by Gasteiger charge is 2.29. The van der Waals surface area contributed by atoms with Crippen molar-refractivity contribution in [3.63, 3.8) is 0 Å². The summed E-state index contributed by atoms with van der Waals surface area (Å²) < 4.78 is 0. The molecule has 0 unspecified atom stereocenters. The van der Waals surface area contributed by atoms with E-state index < -0.39 is 0 Å². The summed E-state index contributed by atoms with van der Waals surface area (Å²) in [4.78, 5) is 38.3. The van der Waals surface area contributed by atoms with E-state index in [4.69, 9.17) is 0 Å². The molecule has 1 atom stereocenters. The van der Waals surface area contributed by atoms with Crippen LogP contribution in [0.4, 0.5) is 0 Å². The van der Waals surface area contributed by atoms with Gasteiger partial charge in [-0.2, -0.15) is 0 Å². The molecule has 1 saturated carbocycles. The molecule has 2 aromatic rings. The molecule has 0 radical (unpaired) electrons. The van der Waals surface area contributed by atoms with Crippen LogP contribution < -0.4 is 5.56 Å². The fraction of sp³-hybridized carbons (Fsp3) is 0.524. The second-order valence-corrected chi connectivity index (χ2v) is 7.75. The molecule has 0 bridgehead atoms. The van der Waals surface area contributed by atoms with Crippen LogP contribution in [-0.4, -0.2) is 38.8 Å². The zero-order chi connectivity index (χ0) is 18.6. The molecule has 1 N–H and O–H groups in total. The predicted molar refractivity (Wildman–Crippen MR) is 103 cm³/mol. The van der Waals surface area contributed by atoms with E-state index in [1.165, 1.54) is 25.7 Å². The van der Waals surface area contributed by atoms with Gasteiger partial charge in [0.25, 0.3) is 5.56 Å². The Morgan fingerprint density at radius 1 is 1.22 bits per heavy atom. The smallest absolute Gasteiger partial charge is 0.251 e. The Kier molecular flexibility index (Phi) is 5.32. The second-order valence-electron chi connectivity index (χ2n) is 7.75. The number of aromatic amines is 1. The summed E-state index contributed by atoms with van der Waals surface area (Å²) in [6.45, 7) is 1.41. The Morgan fingerprint density at radius 3 is 2.85 bits per heavy atom. The van der Waals surface area contributed by atoms with Crippen LogP contribution >= 0.6 is 0 Å². The molecule has 2 fully saturated rings. The van der Waals surface area contributed by atoms with Crippen LogP contribution in [0.2, 0.25) is 0 Å². The van der Waals surface area contributed by atoms with Crippen LogP contribution in [0.3, 0.4) is 0 Å². The zero-order valence-electron chi connectivity index (χ0n) is 15.6. The van der Waals surface area contributed by atoms with Crippen LogP contribution in [0.15, 0.2) is 35.3 Å². The minimum Gasteiger partial charge on any atom is -0.342 e. The summed E-state index contributed by atoms with van der Waals surface area (Å²) in [7, 11) is 0. The maximum atomic E-state index is 12.6. The van der Waals surface area contributed by atoms with Gasteiger partial charge in [0.2, 0.25) is 5.91 Å². The number of likely N-dealkylation sites (tertiary alicyclic amines) is 1. The van der Waals surface area contributed by atoms with Crippen LogP contribution in [-0.2, 0) is 4.79 Å². The van der Waals surface area contributed by atoms with Gasteiger partial charge in [0.15, 0.2) is 5.82 Å². The van der Waals surface area contributed by atoms with Gasteiger partial charge in [-0.05, 0) is 30.9 Å². The Balaban J connectivity index is 1.41. The molecule has 0 spiro atoms. The van der Waals surface area contributed by atoms with Gasteiger partial charge < -0.3 is 9.88 Å². The van der Waals surface area contributed by atoms with Gasteiger partial charge in [0.05, 0.1) is 5.69 Å². The molecule has 1 saturated heterocycles. The highest BCUT2D eigenvalue weighted by Crippen LogP contribution is 2.30. The van der Waals surface area contributed by atoms with Crippen molar-refractivity contribution in [1.82, 2.24) is 19.9 Å². The molecule has 142 valence electrons. The van der Waals surface area contributed by atoms with Gasteiger partial charge in [0.1, 0.15) is 5.69 Å². The van der Waals surface area contributed by atoms with E-state index in [1.54, 1.807) is 12.3 Å². The number of rotatable bonds is 5. The number of carbonyl (C=O) groups is 1. The number of nitrogens with one attached hydrogen (secondary N) is 1. The summed E-state index contributed by atoms with van der Waals surface area (Å²) in [5, 5.41) is 0. The largest absolute Gasteiger partial charge is 0.342 e. The van der Waals surface area contributed by atoms with Gasteiger partial charge in [-0.15, -0.1) is 0 Å². The van der Waals surface area contributed by atoms with Crippen LogP contribution in [0.25, 0.3) is 11.5 Å². The normalized spacial score (nSPS) is 20.3. The predicted octanol–water partition coefficient (Wildman–Crippen LogP) is 3.12. The average molecular weight is 366 g/mol. The fourth-order valence-electron chi connectivity index (χ4n) is 4.32. The first-order valence-corrected chi connectivity index (χ1v) is 9.99. The summed E-state index contributed by atoms with van der Waals surface area (Å²) in [6.07, 6.45) is 9.41. The van der Waals surface area contributed by atoms with Crippen molar-refractivity contribution in [3.8, 4) is 11.5 Å². The molecule has 4 rings (SSSR count). The molecule has 6 nitrogen and oxygen atoms in total. The molecular formula is C21H26N4O2. The van der Waals surface area contributed by atoms with Crippen molar-refractivity contribution >= 4 is 5.91 Å². The molecule has 3 heterocycles. The fourth-order valence-corrected chi connectivity index (χ4v) is 4.32. The number of pyridine rings is 1. The molecule has 27 heavy (non-hydrogen) atoms. The van der Waals surface area contributed by atoms with Crippen molar-refractivity contribution < 1.29 is 4.79 Å². The van der Waals surface area contributed by atoms with E-state index >= 15 is 0 Å². The van der Waals surface area contributed by atoms with E-state index in [1.807, 2.05) is 23.1 Å². The van der Waals surface area contributed by atoms with Crippen molar-refractivity contribution in [2.75, 3.05) is 13.1 Å². The lowest BCUT2D eigenvalue weighted by molar-refractivity contribution is -0.130. The van der Waals surface area contributed by atoms with Crippen molar-refractivity contribution in [1.29, 1.82) is 0 Å². The number of hydrogen-bond donors (Lipinski definition) is 1. The second kappa shape index (κ2) is 8.03. The van der Waals surface area contributed by atoms with E-state index in [-0.39, 0.29) is 17.4 Å². The molecule has 2 aliphatic rings. The molecular weight excluding hydrogens is 340 g/mol.